The monoisotopic (exact) mass is 339 g/mol. The van der Waals surface area contributed by atoms with E-state index in [2.05, 4.69) is 15.5 Å². The van der Waals surface area contributed by atoms with Crippen LogP contribution in [0.5, 0.6) is 0 Å². The van der Waals surface area contributed by atoms with Crippen molar-refractivity contribution in [2.45, 2.75) is 25.0 Å². The van der Waals surface area contributed by atoms with E-state index in [0.29, 0.717) is 13.0 Å². The number of aliphatic hydroxyl groups is 1. The summed E-state index contributed by atoms with van der Waals surface area (Å²) >= 11 is 0. The largest absolute Gasteiger partial charge is 0.392 e. The Kier molecular flexibility index (Phi) is 4.27. The van der Waals surface area contributed by atoms with Crippen LogP contribution in [0.2, 0.25) is 0 Å². The van der Waals surface area contributed by atoms with E-state index in [1.807, 2.05) is 31.3 Å². The molecule has 2 atom stereocenters. The van der Waals surface area contributed by atoms with E-state index in [1.54, 1.807) is 12.1 Å². The fourth-order valence-corrected chi connectivity index (χ4v) is 3.85. The molecule has 130 valence electrons. The first-order valence-electron chi connectivity index (χ1n) is 8.70. The van der Waals surface area contributed by atoms with Crippen LogP contribution in [0.15, 0.2) is 48.5 Å². The van der Waals surface area contributed by atoms with Crippen LogP contribution in [0.25, 0.3) is 11.0 Å². The number of likely N-dealkylation sites (tertiary alicyclic amines) is 1. The Morgan fingerprint density at radius 1 is 1.20 bits per heavy atom. The zero-order valence-electron chi connectivity index (χ0n) is 14.3. The third kappa shape index (κ3) is 3.17. The van der Waals surface area contributed by atoms with Gasteiger partial charge in [-0.05, 0) is 36.2 Å². The first kappa shape index (κ1) is 16.2. The normalized spacial score (nSPS) is 21.2. The van der Waals surface area contributed by atoms with Crippen molar-refractivity contribution in [3.05, 3.63) is 65.7 Å². The van der Waals surface area contributed by atoms with Crippen LogP contribution in [0, 0.1) is 5.82 Å². The second kappa shape index (κ2) is 6.58. The molecule has 0 spiro atoms. The van der Waals surface area contributed by atoms with Crippen LogP contribution in [0.1, 0.15) is 23.9 Å². The van der Waals surface area contributed by atoms with E-state index < -0.39 is 0 Å². The number of benzene rings is 2. The highest BCUT2D eigenvalue weighted by Gasteiger charge is 2.32. The Labute approximate surface area is 146 Å². The van der Waals surface area contributed by atoms with Gasteiger partial charge >= 0.3 is 0 Å². The van der Waals surface area contributed by atoms with E-state index in [9.17, 15) is 9.50 Å². The number of imidazole rings is 1. The Morgan fingerprint density at radius 3 is 2.84 bits per heavy atom. The molecule has 0 unspecified atom stereocenters. The van der Waals surface area contributed by atoms with Crippen LogP contribution in [-0.2, 0) is 13.5 Å². The summed E-state index contributed by atoms with van der Waals surface area (Å²) in [6.45, 7) is 1.40. The molecule has 0 saturated carbocycles. The number of hydrogen-bond acceptors (Lipinski definition) is 3. The summed E-state index contributed by atoms with van der Waals surface area (Å²) in [5.74, 6) is 0.801. The molecule has 1 aliphatic rings. The number of hydrogen-bond donors (Lipinski definition) is 1. The lowest BCUT2D eigenvalue weighted by Crippen LogP contribution is -2.27. The highest BCUT2D eigenvalue weighted by molar-refractivity contribution is 5.75. The van der Waals surface area contributed by atoms with Crippen LogP contribution < -0.4 is 0 Å². The minimum absolute atomic E-state index is 0.0559. The van der Waals surface area contributed by atoms with Gasteiger partial charge in [0.1, 0.15) is 11.6 Å². The maximum atomic E-state index is 13.6. The highest BCUT2D eigenvalue weighted by atomic mass is 19.1. The van der Waals surface area contributed by atoms with E-state index in [4.69, 9.17) is 4.98 Å². The number of para-hydroxylation sites is 2. The molecule has 1 aliphatic heterocycles. The molecule has 4 rings (SSSR count). The molecule has 1 saturated heterocycles. The Hall–Kier alpha value is -2.24. The van der Waals surface area contributed by atoms with E-state index in [0.717, 1.165) is 35.4 Å². The summed E-state index contributed by atoms with van der Waals surface area (Å²) in [5, 5.41) is 10.1. The Bertz CT molecular complexity index is 892. The first-order valence-corrected chi connectivity index (χ1v) is 8.70. The topological polar surface area (TPSA) is 41.3 Å². The summed E-state index contributed by atoms with van der Waals surface area (Å²) in [5.41, 5.74) is 3.06. The second-order valence-electron chi connectivity index (χ2n) is 6.78. The molecular formula is C20H22FN3O. The van der Waals surface area contributed by atoms with Gasteiger partial charge in [-0.15, -0.1) is 0 Å². The standard InChI is InChI=1S/C20H22FN3O/c1-23-18-8-3-2-7-17(18)22-20(23)9-10-24-13-16(25)12-19(24)14-5-4-6-15(21)11-14/h2-8,11,16,19,25H,9-10,12-13H2,1H3/t16-,19-/m1/s1. The van der Waals surface area contributed by atoms with Crippen LogP contribution in [0.3, 0.4) is 0 Å². The minimum Gasteiger partial charge on any atom is -0.392 e. The van der Waals surface area contributed by atoms with Gasteiger partial charge in [0.05, 0.1) is 17.1 Å². The van der Waals surface area contributed by atoms with Crippen molar-refractivity contribution in [2.24, 2.45) is 7.05 Å². The number of nitrogens with zero attached hydrogens (tertiary/aromatic N) is 3. The zero-order chi connectivity index (χ0) is 17.4. The molecule has 3 aromatic rings. The van der Waals surface area contributed by atoms with Gasteiger partial charge in [-0.2, -0.15) is 0 Å². The number of fused-ring (bicyclic) bond motifs is 1. The molecule has 4 nitrogen and oxygen atoms in total. The lowest BCUT2D eigenvalue weighted by atomic mass is 10.0. The fraction of sp³-hybridized carbons (Fsp3) is 0.350. The summed E-state index contributed by atoms with van der Waals surface area (Å²) in [4.78, 5) is 6.95. The lowest BCUT2D eigenvalue weighted by Gasteiger charge is -2.24. The number of rotatable bonds is 4. The maximum absolute atomic E-state index is 13.6. The second-order valence-corrected chi connectivity index (χ2v) is 6.78. The Balaban J connectivity index is 1.53. The number of aliphatic hydroxyl groups excluding tert-OH is 1. The molecule has 1 N–H and O–H groups in total. The van der Waals surface area contributed by atoms with E-state index >= 15 is 0 Å². The lowest BCUT2D eigenvalue weighted by molar-refractivity contribution is 0.175. The molecule has 5 heteroatoms. The summed E-state index contributed by atoms with van der Waals surface area (Å²) in [6.07, 6.45) is 1.07. The predicted molar refractivity (Wildman–Crippen MR) is 95.8 cm³/mol. The summed E-state index contributed by atoms with van der Waals surface area (Å²) in [7, 11) is 2.04. The highest BCUT2D eigenvalue weighted by Crippen LogP contribution is 2.32. The quantitative estimate of drug-likeness (QED) is 0.794. The van der Waals surface area contributed by atoms with Gasteiger partial charge in [0.2, 0.25) is 0 Å². The van der Waals surface area contributed by atoms with Gasteiger partial charge in [-0.3, -0.25) is 4.90 Å². The predicted octanol–water partition coefficient (Wildman–Crippen LogP) is 3.06. The average molecular weight is 339 g/mol. The van der Waals surface area contributed by atoms with Crippen molar-refractivity contribution >= 4 is 11.0 Å². The van der Waals surface area contributed by atoms with Gasteiger partial charge < -0.3 is 9.67 Å². The van der Waals surface area contributed by atoms with Crippen molar-refractivity contribution in [3.63, 3.8) is 0 Å². The van der Waals surface area contributed by atoms with Gasteiger partial charge in [-0.25, -0.2) is 9.37 Å². The van der Waals surface area contributed by atoms with Crippen molar-refractivity contribution in [2.75, 3.05) is 13.1 Å². The van der Waals surface area contributed by atoms with E-state index in [-0.39, 0.29) is 18.0 Å². The van der Waals surface area contributed by atoms with Crippen molar-refractivity contribution in [1.82, 2.24) is 14.5 Å². The van der Waals surface area contributed by atoms with Crippen molar-refractivity contribution in [1.29, 1.82) is 0 Å². The summed E-state index contributed by atoms with van der Waals surface area (Å²) in [6, 6.07) is 14.9. The molecule has 0 bridgehead atoms. The number of halogens is 1. The fourth-order valence-electron chi connectivity index (χ4n) is 3.85. The summed E-state index contributed by atoms with van der Waals surface area (Å²) < 4.78 is 15.7. The van der Waals surface area contributed by atoms with Gasteiger partial charge in [-0.1, -0.05) is 24.3 Å². The average Bonchev–Trinajstić information content (AvgIpc) is 3.13. The number of aromatic nitrogens is 2. The van der Waals surface area contributed by atoms with Crippen molar-refractivity contribution in [3.8, 4) is 0 Å². The molecule has 25 heavy (non-hydrogen) atoms. The molecular weight excluding hydrogens is 317 g/mol. The third-order valence-electron chi connectivity index (χ3n) is 5.12. The minimum atomic E-state index is -0.367. The first-order chi connectivity index (χ1) is 12.1. The van der Waals surface area contributed by atoms with E-state index in [1.165, 1.54) is 6.07 Å². The van der Waals surface area contributed by atoms with Crippen LogP contribution >= 0.6 is 0 Å². The molecule has 1 aromatic heterocycles. The Morgan fingerprint density at radius 2 is 2.04 bits per heavy atom. The van der Waals surface area contributed by atoms with Gasteiger partial charge in [0.15, 0.2) is 0 Å². The zero-order valence-corrected chi connectivity index (χ0v) is 14.3. The van der Waals surface area contributed by atoms with Gasteiger partial charge in [0.25, 0.3) is 0 Å². The van der Waals surface area contributed by atoms with Crippen molar-refractivity contribution < 1.29 is 9.50 Å². The van der Waals surface area contributed by atoms with Gasteiger partial charge in [0, 0.05) is 32.6 Å². The number of β-amino-alcohol motifs (C(OH)–C–C–N with tert-alkyl or cyclic N) is 1. The molecule has 1 fully saturated rings. The molecule has 0 amide bonds. The number of aryl methyl sites for hydroxylation is 1. The maximum Gasteiger partial charge on any atom is 0.123 e. The van der Waals surface area contributed by atoms with Crippen LogP contribution in [-0.4, -0.2) is 38.8 Å². The third-order valence-corrected chi connectivity index (χ3v) is 5.12. The molecule has 0 aliphatic carbocycles. The molecule has 0 radical (unpaired) electrons. The SMILES string of the molecule is Cn1c(CCN2C[C@H](O)C[C@@H]2c2cccc(F)c2)nc2ccccc21. The smallest absolute Gasteiger partial charge is 0.123 e. The van der Waals surface area contributed by atoms with Crippen LogP contribution in [0.4, 0.5) is 4.39 Å². The molecule has 2 aromatic carbocycles. The molecule has 2 heterocycles.